The summed E-state index contributed by atoms with van der Waals surface area (Å²) < 4.78 is 4.81. The van der Waals surface area contributed by atoms with Gasteiger partial charge in [0.1, 0.15) is 5.82 Å². The van der Waals surface area contributed by atoms with Crippen molar-refractivity contribution in [2.24, 2.45) is 5.92 Å². The topological polar surface area (TPSA) is 83.6 Å². The van der Waals surface area contributed by atoms with Gasteiger partial charge in [0.25, 0.3) is 5.91 Å². The van der Waals surface area contributed by atoms with Crippen LogP contribution < -0.4 is 15.5 Å². The average Bonchev–Trinajstić information content (AvgIpc) is 2.72. The van der Waals surface area contributed by atoms with Crippen LogP contribution in [-0.4, -0.2) is 50.3 Å². The molecule has 3 rings (SSSR count). The zero-order valence-corrected chi connectivity index (χ0v) is 16.7. The third-order valence-corrected chi connectivity index (χ3v) is 5.33. The molecule has 7 nitrogen and oxygen atoms in total. The first-order chi connectivity index (χ1) is 13.6. The van der Waals surface area contributed by atoms with Crippen LogP contribution in [0.15, 0.2) is 30.3 Å². The summed E-state index contributed by atoms with van der Waals surface area (Å²) in [6.07, 6.45) is 2.41. The lowest BCUT2D eigenvalue weighted by Gasteiger charge is -2.33. The lowest BCUT2D eigenvalue weighted by Crippen LogP contribution is -2.36. The van der Waals surface area contributed by atoms with Crippen molar-refractivity contribution in [3.05, 3.63) is 35.4 Å². The molecule has 150 valence electrons. The second-order valence-electron chi connectivity index (χ2n) is 6.88. The van der Waals surface area contributed by atoms with E-state index in [-0.39, 0.29) is 12.5 Å². The maximum absolute atomic E-state index is 11.5. The molecular formula is C20H25ClN4O3. The number of benzene rings is 1. The minimum absolute atomic E-state index is 0.260. The van der Waals surface area contributed by atoms with E-state index in [2.05, 4.69) is 21.6 Å². The molecule has 2 aromatic rings. The van der Waals surface area contributed by atoms with Gasteiger partial charge in [-0.25, -0.2) is 9.78 Å². The Morgan fingerprint density at radius 1 is 1.25 bits per heavy atom. The summed E-state index contributed by atoms with van der Waals surface area (Å²) in [6.45, 7) is 2.13. The van der Waals surface area contributed by atoms with Gasteiger partial charge in [-0.3, -0.25) is 4.79 Å². The molecule has 0 atom stereocenters. The highest BCUT2D eigenvalue weighted by molar-refractivity contribution is 6.35. The molecule has 1 aliphatic rings. The zero-order chi connectivity index (χ0) is 19.9. The van der Waals surface area contributed by atoms with Gasteiger partial charge in [0.2, 0.25) is 0 Å². The lowest BCUT2D eigenvalue weighted by molar-refractivity contribution is -0.123. The predicted octanol–water partition coefficient (Wildman–Crippen LogP) is 2.97. The van der Waals surface area contributed by atoms with E-state index in [0.29, 0.717) is 17.5 Å². The number of fused-ring (bicyclic) bond motifs is 1. The monoisotopic (exact) mass is 404 g/mol. The Morgan fingerprint density at radius 3 is 2.79 bits per heavy atom. The number of alkyl carbamates (subject to hydrolysis) is 1. The SMILES string of the molecule is CNC(=O)COC(=O)NCCC1CCN(c2ccc3cccc(Cl)c3n2)CC1. The normalized spacial score (nSPS) is 14.7. The van der Waals surface area contributed by atoms with Crippen LogP contribution in [-0.2, 0) is 9.53 Å². The van der Waals surface area contributed by atoms with Crippen molar-refractivity contribution in [1.29, 1.82) is 0 Å². The van der Waals surface area contributed by atoms with Crippen LogP contribution in [0.25, 0.3) is 10.9 Å². The standard InChI is InChI=1S/C20H25ClN4O3/c1-22-18(26)13-28-20(27)23-10-7-14-8-11-25(12-9-14)17-6-5-15-3-2-4-16(21)19(15)24-17/h2-6,14H,7-13H2,1H3,(H,22,26)(H,23,27). The van der Waals surface area contributed by atoms with Gasteiger partial charge in [0, 0.05) is 32.1 Å². The number of nitrogens with zero attached hydrogens (tertiary/aromatic N) is 2. The number of ether oxygens (including phenoxy) is 1. The van der Waals surface area contributed by atoms with Gasteiger partial charge in [-0.1, -0.05) is 23.7 Å². The van der Waals surface area contributed by atoms with Gasteiger partial charge in [0.05, 0.1) is 10.5 Å². The van der Waals surface area contributed by atoms with Crippen molar-refractivity contribution in [3.8, 4) is 0 Å². The number of likely N-dealkylation sites (N-methyl/N-ethyl adjacent to an activating group) is 1. The van der Waals surface area contributed by atoms with Crippen molar-refractivity contribution in [2.45, 2.75) is 19.3 Å². The van der Waals surface area contributed by atoms with Gasteiger partial charge in [-0.2, -0.15) is 0 Å². The minimum Gasteiger partial charge on any atom is -0.439 e. The Bertz CT molecular complexity index is 837. The van der Waals surface area contributed by atoms with Crippen LogP contribution in [0.2, 0.25) is 5.02 Å². The fraction of sp³-hybridized carbons (Fsp3) is 0.450. The molecule has 1 saturated heterocycles. The van der Waals surface area contributed by atoms with Crippen molar-refractivity contribution < 1.29 is 14.3 Å². The summed E-state index contributed by atoms with van der Waals surface area (Å²) in [5, 5.41) is 6.81. The molecule has 28 heavy (non-hydrogen) atoms. The number of anilines is 1. The summed E-state index contributed by atoms with van der Waals surface area (Å²) in [6, 6.07) is 9.91. The van der Waals surface area contributed by atoms with Crippen molar-refractivity contribution in [1.82, 2.24) is 15.6 Å². The number of aromatic nitrogens is 1. The first-order valence-corrected chi connectivity index (χ1v) is 9.86. The largest absolute Gasteiger partial charge is 0.439 e. The third kappa shape index (κ3) is 5.25. The fourth-order valence-electron chi connectivity index (χ4n) is 3.36. The number of hydrogen-bond acceptors (Lipinski definition) is 5. The van der Waals surface area contributed by atoms with Crippen molar-refractivity contribution in [2.75, 3.05) is 38.2 Å². The first-order valence-electron chi connectivity index (χ1n) is 9.48. The number of nitrogens with one attached hydrogen (secondary N) is 2. The molecule has 0 unspecified atom stereocenters. The molecule has 0 spiro atoms. The molecular weight excluding hydrogens is 380 g/mol. The van der Waals surface area contributed by atoms with E-state index >= 15 is 0 Å². The zero-order valence-electron chi connectivity index (χ0n) is 15.9. The Morgan fingerprint density at radius 2 is 2.04 bits per heavy atom. The van der Waals surface area contributed by atoms with E-state index in [1.54, 1.807) is 0 Å². The molecule has 2 amide bonds. The second kappa shape index (κ2) is 9.59. The van der Waals surface area contributed by atoms with Gasteiger partial charge in [-0.05, 0) is 43.4 Å². The maximum atomic E-state index is 11.5. The molecule has 0 radical (unpaired) electrons. The smallest absolute Gasteiger partial charge is 0.407 e. The third-order valence-electron chi connectivity index (χ3n) is 5.03. The molecule has 1 aromatic carbocycles. The number of para-hydroxylation sites is 1. The summed E-state index contributed by atoms with van der Waals surface area (Å²) in [7, 11) is 1.50. The Kier molecular flexibility index (Phi) is 6.92. The van der Waals surface area contributed by atoms with E-state index in [1.807, 2.05) is 24.3 Å². The predicted molar refractivity (Wildman–Crippen MR) is 110 cm³/mol. The number of halogens is 1. The van der Waals surface area contributed by atoms with Crippen LogP contribution in [0.3, 0.4) is 0 Å². The Hall–Kier alpha value is -2.54. The number of piperidine rings is 1. The van der Waals surface area contributed by atoms with E-state index < -0.39 is 6.09 Å². The highest BCUT2D eigenvalue weighted by Gasteiger charge is 2.20. The first kappa shape index (κ1) is 20.2. The summed E-state index contributed by atoms with van der Waals surface area (Å²) in [5.41, 5.74) is 0.836. The number of hydrogen-bond donors (Lipinski definition) is 2. The fourth-order valence-corrected chi connectivity index (χ4v) is 3.58. The average molecular weight is 405 g/mol. The molecule has 0 bridgehead atoms. The van der Waals surface area contributed by atoms with E-state index in [9.17, 15) is 9.59 Å². The quantitative estimate of drug-likeness (QED) is 0.773. The second-order valence-corrected chi connectivity index (χ2v) is 7.28. The van der Waals surface area contributed by atoms with Crippen LogP contribution in [0.4, 0.5) is 10.6 Å². The van der Waals surface area contributed by atoms with E-state index in [4.69, 9.17) is 21.3 Å². The van der Waals surface area contributed by atoms with E-state index in [0.717, 1.165) is 49.1 Å². The summed E-state index contributed by atoms with van der Waals surface area (Å²) in [5.74, 6) is 1.17. The van der Waals surface area contributed by atoms with Crippen LogP contribution in [0, 0.1) is 5.92 Å². The van der Waals surface area contributed by atoms with Crippen LogP contribution >= 0.6 is 11.6 Å². The number of amides is 2. The molecule has 1 fully saturated rings. The molecule has 1 aliphatic heterocycles. The van der Waals surface area contributed by atoms with Crippen LogP contribution in [0.1, 0.15) is 19.3 Å². The molecule has 8 heteroatoms. The van der Waals surface area contributed by atoms with Gasteiger partial charge >= 0.3 is 6.09 Å². The molecule has 0 aliphatic carbocycles. The van der Waals surface area contributed by atoms with Crippen molar-refractivity contribution in [3.63, 3.8) is 0 Å². The van der Waals surface area contributed by atoms with Gasteiger partial charge in [0.15, 0.2) is 6.61 Å². The minimum atomic E-state index is -0.557. The highest BCUT2D eigenvalue weighted by atomic mass is 35.5. The highest BCUT2D eigenvalue weighted by Crippen LogP contribution is 2.27. The van der Waals surface area contributed by atoms with Crippen molar-refractivity contribution >= 4 is 40.3 Å². The Balaban J connectivity index is 1.43. The van der Waals surface area contributed by atoms with Crippen LogP contribution in [0.5, 0.6) is 0 Å². The molecule has 1 aromatic heterocycles. The molecule has 0 saturated carbocycles. The summed E-state index contributed by atoms with van der Waals surface area (Å²) in [4.78, 5) is 29.6. The van der Waals surface area contributed by atoms with Gasteiger partial charge in [-0.15, -0.1) is 0 Å². The summed E-state index contributed by atoms with van der Waals surface area (Å²) >= 11 is 6.27. The number of rotatable bonds is 6. The number of carbonyl (C=O) groups excluding carboxylic acids is 2. The molecule has 2 heterocycles. The maximum Gasteiger partial charge on any atom is 0.407 e. The number of carbonyl (C=O) groups is 2. The lowest BCUT2D eigenvalue weighted by atomic mass is 9.93. The Labute approximate surface area is 169 Å². The molecule has 2 N–H and O–H groups in total. The van der Waals surface area contributed by atoms with Gasteiger partial charge < -0.3 is 20.3 Å². The number of pyridine rings is 1. The van der Waals surface area contributed by atoms with E-state index in [1.165, 1.54) is 7.05 Å².